The highest BCUT2D eigenvalue weighted by Crippen LogP contribution is 2.62. The summed E-state index contributed by atoms with van der Waals surface area (Å²) in [5, 5.41) is 7.92. The summed E-state index contributed by atoms with van der Waals surface area (Å²) in [5.41, 5.74) is 16.3. The maximum atomic E-state index is 2.54. The van der Waals surface area contributed by atoms with Gasteiger partial charge in [-0.1, -0.05) is 155 Å². The van der Waals surface area contributed by atoms with Gasteiger partial charge in [0.25, 0.3) is 0 Å². The number of hydrogen-bond acceptors (Lipinski definition) is 1. The molecule has 8 aromatic carbocycles. The van der Waals surface area contributed by atoms with Gasteiger partial charge < -0.3 is 0 Å². The molecule has 2 aliphatic carbocycles. The molecule has 11 rings (SSSR count). The van der Waals surface area contributed by atoms with Gasteiger partial charge in [0.15, 0.2) is 0 Å². The smallest absolute Gasteiger partial charge is 0.0361 e. The van der Waals surface area contributed by atoms with Crippen LogP contribution in [0, 0.1) is 0 Å². The minimum absolute atomic E-state index is 0.172. The molecule has 0 amide bonds. The van der Waals surface area contributed by atoms with Crippen LogP contribution >= 0.6 is 11.3 Å². The second kappa shape index (κ2) is 10.1. The van der Waals surface area contributed by atoms with Crippen LogP contribution in [-0.2, 0) is 10.8 Å². The first kappa shape index (κ1) is 29.3. The van der Waals surface area contributed by atoms with Crippen molar-refractivity contribution in [3.05, 3.63) is 168 Å². The van der Waals surface area contributed by atoms with Gasteiger partial charge in [-0.2, -0.15) is 0 Å². The van der Waals surface area contributed by atoms with Crippen LogP contribution in [0.2, 0.25) is 0 Å². The molecule has 1 heterocycles. The zero-order chi connectivity index (χ0) is 34.2. The zero-order valence-corrected chi connectivity index (χ0v) is 30.1. The Morgan fingerprint density at radius 2 is 0.804 bits per heavy atom. The van der Waals surface area contributed by atoms with Crippen LogP contribution in [0.1, 0.15) is 49.9 Å². The van der Waals surface area contributed by atoms with E-state index in [2.05, 4.69) is 173 Å². The molecule has 0 atom stereocenters. The number of thiophene rings is 1. The minimum Gasteiger partial charge on any atom is -0.135 e. The Kier molecular flexibility index (Phi) is 5.77. The molecule has 0 bridgehead atoms. The van der Waals surface area contributed by atoms with Crippen LogP contribution in [0.15, 0.2) is 146 Å². The Bertz CT molecular complexity index is 2830. The maximum Gasteiger partial charge on any atom is 0.0361 e. The Morgan fingerprint density at radius 3 is 1.37 bits per heavy atom. The Hall–Kier alpha value is -5.50. The summed E-state index contributed by atoms with van der Waals surface area (Å²) in [6, 6.07) is 55.1. The quantitative estimate of drug-likeness (QED) is 0.161. The molecule has 0 saturated heterocycles. The monoisotopic (exact) mass is 668 g/mol. The Morgan fingerprint density at radius 1 is 0.353 bits per heavy atom. The Balaban J connectivity index is 1.31. The van der Waals surface area contributed by atoms with Gasteiger partial charge in [-0.3, -0.25) is 0 Å². The van der Waals surface area contributed by atoms with Crippen LogP contribution in [0.5, 0.6) is 0 Å². The van der Waals surface area contributed by atoms with Gasteiger partial charge >= 0.3 is 0 Å². The second-order valence-electron chi connectivity index (χ2n) is 15.6. The van der Waals surface area contributed by atoms with Gasteiger partial charge in [-0.15, -0.1) is 11.3 Å². The number of rotatable bonds is 2. The number of hydrogen-bond donors (Lipinski definition) is 0. The lowest BCUT2D eigenvalue weighted by Gasteiger charge is -2.32. The molecular formula is C50H36S. The van der Waals surface area contributed by atoms with E-state index in [4.69, 9.17) is 0 Å². The fourth-order valence-electron chi connectivity index (χ4n) is 10.0. The van der Waals surface area contributed by atoms with Gasteiger partial charge in [-0.05, 0) is 107 Å². The van der Waals surface area contributed by atoms with Crippen molar-refractivity contribution in [2.45, 2.75) is 38.5 Å². The fourth-order valence-corrected chi connectivity index (χ4v) is 11.2. The van der Waals surface area contributed by atoms with Crippen LogP contribution < -0.4 is 0 Å². The highest BCUT2D eigenvalue weighted by Gasteiger charge is 2.45. The van der Waals surface area contributed by atoms with E-state index >= 15 is 0 Å². The molecule has 0 fully saturated rings. The first-order valence-corrected chi connectivity index (χ1v) is 18.9. The third-order valence-corrected chi connectivity index (χ3v) is 13.3. The van der Waals surface area contributed by atoms with E-state index in [0.717, 1.165) is 0 Å². The molecule has 0 N–H and O–H groups in total. The van der Waals surface area contributed by atoms with Crippen molar-refractivity contribution in [3.8, 4) is 44.5 Å². The highest BCUT2D eigenvalue weighted by molar-refractivity contribution is 7.25. The predicted molar refractivity (Wildman–Crippen MR) is 220 cm³/mol. The van der Waals surface area contributed by atoms with Crippen LogP contribution in [-0.4, -0.2) is 0 Å². The van der Waals surface area contributed by atoms with Crippen molar-refractivity contribution in [3.63, 3.8) is 0 Å². The molecule has 0 unspecified atom stereocenters. The highest BCUT2D eigenvalue weighted by atomic mass is 32.1. The molecule has 242 valence electrons. The van der Waals surface area contributed by atoms with Crippen molar-refractivity contribution >= 4 is 53.1 Å². The molecule has 9 aromatic rings. The molecule has 2 aliphatic rings. The summed E-state index contributed by atoms with van der Waals surface area (Å²) in [6.07, 6.45) is 0. The van der Waals surface area contributed by atoms with E-state index in [1.165, 1.54) is 108 Å². The summed E-state index contributed by atoms with van der Waals surface area (Å²) in [4.78, 5) is 0. The Labute approximate surface area is 302 Å². The topological polar surface area (TPSA) is 0 Å². The van der Waals surface area contributed by atoms with Gasteiger partial charge in [0.05, 0.1) is 0 Å². The molecule has 1 heteroatoms. The van der Waals surface area contributed by atoms with E-state index in [9.17, 15) is 0 Å². The third kappa shape index (κ3) is 3.75. The van der Waals surface area contributed by atoms with Gasteiger partial charge in [0.2, 0.25) is 0 Å². The maximum absolute atomic E-state index is 2.54. The third-order valence-electron chi connectivity index (χ3n) is 12.2. The largest absolute Gasteiger partial charge is 0.135 e. The van der Waals surface area contributed by atoms with Crippen molar-refractivity contribution < 1.29 is 0 Å². The summed E-state index contributed by atoms with van der Waals surface area (Å²) in [5.74, 6) is 0. The lowest BCUT2D eigenvalue weighted by atomic mass is 9.70. The fraction of sp³-hybridized carbons (Fsp3) is 0.120. The second-order valence-corrected chi connectivity index (χ2v) is 16.7. The molecule has 0 saturated carbocycles. The van der Waals surface area contributed by atoms with E-state index in [0.29, 0.717) is 0 Å². The van der Waals surface area contributed by atoms with Crippen molar-refractivity contribution in [2.75, 3.05) is 0 Å². The van der Waals surface area contributed by atoms with E-state index in [1.54, 1.807) is 0 Å². The molecule has 0 radical (unpaired) electrons. The molecule has 0 spiro atoms. The van der Waals surface area contributed by atoms with Crippen LogP contribution in [0.25, 0.3) is 86.2 Å². The summed E-state index contributed by atoms with van der Waals surface area (Å²) in [6.45, 7) is 9.78. The lowest BCUT2D eigenvalue weighted by molar-refractivity contribution is 0.643. The average Bonchev–Trinajstić information content (AvgIpc) is 3.72. The van der Waals surface area contributed by atoms with E-state index in [-0.39, 0.29) is 10.8 Å². The minimum atomic E-state index is -0.172. The van der Waals surface area contributed by atoms with Gasteiger partial charge in [0, 0.05) is 31.0 Å². The van der Waals surface area contributed by atoms with Crippen LogP contribution in [0.3, 0.4) is 0 Å². The van der Waals surface area contributed by atoms with Crippen molar-refractivity contribution in [1.29, 1.82) is 0 Å². The summed E-state index contributed by atoms with van der Waals surface area (Å²) >= 11 is 1.90. The standard InChI is InChI=1S/C50H36S/c1-49(2)40-22-12-9-15-30(40)38-28-39-31-16-10-13-23-41(31)50(3,4)48(39)46(47(38)49)45-36-20-7-5-18-34(36)44(35-19-6-8-21-37(35)45)29-25-26-33-32-17-11-14-24-42(32)51-43(33)27-29/h5-28H,1-4H3. The number of fused-ring (bicyclic) bond motifs is 11. The summed E-state index contributed by atoms with van der Waals surface area (Å²) in [7, 11) is 0. The first-order chi connectivity index (χ1) is 24.8. The summed E-state index contributed by atoms with van der Waals surface area (Å²) < 4.78 is 2.68. The predicted octanol–water partition coefficient (Wildman–Crippen LogP) is 14.3. The van der Waals surface area contributed by atoms with E-state index < -0.39 is 0 Å². The van der Waals surface area contributed by atoms with Crippen LogP contribution in [0.4, 0.5) is 0 Å². The van der Waals surface area contributed by atoms with Gasteiger partial charge in [-0.25, -0.2) is 0 Å². The molecular weight excluding hydrogens is 633 g/mol. The lowest BCUT2D eigenvalue weighted by Crippen LogP contribution is -2.21. The SMILES string of the molecule is CC1(C)c2ccccc2-c2cc3c(c(-c4c5ccccc5c(-c5ccc6c(c5)sc5ccccc56)c5ccccc45)c21)C(C)(C)c1ccccc1-3. The normalized spacial score (nSPS) is 15.0. The molecule has 0 nitrogen and oxygen atoms in total. The first-order valence-electron chi connectivity index (χ1n) is 18.1. The zero-order valence-electron chi connectivity index (χ0n) is 29.3. The number of benzene rings is 8. The average molecular weight is 669 g/mol. The molecule has 0 aliphatic heterocycles. The van der Waals surface area contributed by atoms with Crippen molar-refractivity contribution in [2.24, 2.45) is 0 Å². The van der Waals surface area contributed by atoms with Crippen molar-refractivity contribution in [1.82, 2.24) is 0 Å². The van der Waals surface area contributed by atoms with Gasteiger partial charge in [0.1, 0.15) is 0 Å². The molecule has 51 heavy (non-hydrogen) atoms. The van der Waals surface area contributed by atoms with E-state index in [1.807, 2.05) is 11.3 Å². The molecule has 1 aromatic heterocycles.